The van der Waals surface area contributed by atoms with Gasteiger partial charge in [-0.1, -0.05) is 20.8 Å². The molecule has 0 aliphatic rings. The number of nitrogens with one attached hydrogen (secondary N) is 1. The van der Waals surface area contributed by atoms with Crippen LogP contribution >= 0.6 is 11.3 Å². The normalized spacial score (nSPS) is 13.4. The van der Waals surface area contributed by atoms with Crippen LogP contribution < -0.4 is 11.1 Å². The fraction of sp³-hybridized carbons (Fsp3) is 0.692. The second kappa shape index (κ2) is 6.29. The monoisotopic (exact) mass is 269 g/mol. The van der Waals surface area contributed by atoms with E-state index in [2.05, 4.69) is 17.2 Å². The standard InChI is InChI=1S/C13H23N3OS/c1-5-10-8-15-11(18-10)9(4)16-12(17)13(14,6-2)7-3/h8-9H,5-7,14H2,1-4H3,(H,16,17). The number of thiazole rings is 1. The van der Waals surface area contributed by atoms with Gasteiger partial charge in [-0.2, -0.15) is 0 Å². The molecule has 18 heavy (non-hydrogen) atoms. The van der Waals surface area contributed by atoms with Crippen molar-refractivity contribution in [3.63, 3.8) is 0 Å². The summed E-state index contributed by atoms with van der Waals surface area (Å²) in [4.78, 5) is 17.7. The Balaban J connectivity index is 2.69. The molecule has 0 fully saturated rings. The van der Waals surface area contributed by atoms with E-state index in [1.165, 1.54) is 4.88 Å². The zero-order chi connectivity index (χ0) is 13.8. The van der Waals surface area contributed by atoms with Crippen molar-refractivity contribution < 1.29 is 4.79 Å². The summed E-state index contributed by atoms with van der Waals surface area (Å²) in [6.45, 7) is 7.92. The Hall–Kier alpha value is -0.940. The van der Waals surface area contributed by atoms with Crippen LogP contribution in [0.5, 0.6) is 0 Å². The zero-order valence-electron chi connectivity index (χ0n) is 11.6. The number of nitrogens with zero attached hydrogens (tertiary/aromatic N) is 1. The van der Waals surface area contributed by atoms with Gasteiger partial charge in [0, 0.05) is 11.1 Å². The first-order valence-electron chi connectivity index (χ1n) is 6.51. The highest BCUT2D eigenvalue weighted by atomic mass is 32.1. The summed E-state index contributed by atoms with van der Waals surface area (Å²) < 4.78 is 0. The Labute approximate surface area is 113 Å². The van der Waals surface area contributed by atoms with Gasteiger partial charge in [-0.15, -0.1) is 11.3 Å². The summed E-state index contributed by atoms with van der Waals surface area (Å²) in [5, 5.41) is 3.90. The lowest BCUT2D eigenvalue weighted by Crippen LogP contribution is -2.53. The lowest BCUT2D eigenvalue weighted by Gasteiger charge is -2.26. The fourth-order valence-corrected chi connectivity index (χ4v) is 2.52. The number of aromatic nitrogens is 1. The van der Waals surface area contributed by atoms with Crippen LogP contribution in [0.4, 0.5) is 0 Å². The largest absolute Gasteiger partial charge is 0.346 e. The third-order valence-electron chi connectivity index (χ3n) is 3.35. The van der Waals surface area contributed by atoms with Crippen LogP contribution in [0, 0.1) is 0 Å². The molecule has 3 N–H and O–H groups in total. The molecule has 0 saturated heterocycles. The molecule has 1 aromatic heterocycles. The Bertz CT molecular complexity index is 399. The molecular formula is C13H23N3OS. The molecule has 0 spiro atoms. The summed E-state index contributed by atoms with van der Waals surface area (Å²) in [7, 11) is 0. The fourth-order valence-electron chi connectivity index (χ4n) is 1.66. The minimum absolute atomic E-state index is 0.0798. The van der Waals surface area contributed by atoms with Crippen molar-refractivity contribution in [2.45, 2.75) is 58.5 Å². The average Bonchev–Trinajstić information content (AvgIpc) is 2.86. The van der Waals surface area contributed by atoms with E-state index in [-0.39, 0.29) is 11.9 Å². The van der Waals surface area contributed by atoms with Crippen molar-refractivity contribution in [2.24, 2.45) is 5.73 Å². The molecule has 5 heteroatoms. The van der Waals surface area contributed by atoms with E-state index in [4.69, 9.17) is 5.73 Å². The van der Waals surface area contributed by atoms with E-state index in [1.54, 1.807) is 11.3 Å². The Morgan fingerprint density at radius 3 is 2.56 bits per heavy atom. The molecule has 1 rings (SSSR count). The molecular weight excluding hydrogens is 246 g/mol. The molecule has 1 unspecified atom stereocenters. The third kappa shape index (κ3) is 3.29. The number of rotatable bonds is 6. The number of hydrogen-bond donors (Lipinski definition) is 2. The van der Waals surface area contributed by atoms with Crippen LogP contribution in [0.1, 0.15) is 56.5 Å². The lowest BCUT2D eigenvalue weighted by molar-refractivity contribution is -0.127. The van der Waals surface area contributed by atoms with Gasteiger partial charge in [0.25, 0.3) is 0 Å². The number of aryl methyl sites for hydroxylation is 1. The van der Waals surface area contributed by atoms with Crippen molar-refractivity contribution in [1.82, 2.24) is 10.3 Å². The quantitative estimate of drug-likeness (QED) is 0.833. The average molecular weight is 269 g/mol. The number of amides is 1. The maximum absolute atomic E-state index is 12.1. The van der Waals surface area contributed by atoms with Gasteiger partial charge >= 0.3 is 0 Å². The summed E-state index contributed by atoms with van der Waals surface area (Å²) in [5.41, 5.74) is 5.30. The topological polar surface area (TPSA) is 68.0 Å². The van der Waals surface area contributed by atoms with Gasteiger partial charge in [0.15, 0.2) is 0 Å². The van der Waals surface area contributed by atoms with Gasteiger partial charge in [-0.25, -0.2) is 4.98 Å². The van der Waals surface area contributed by atoms with Crippen molar-refractivity contribution in [1.29, 1.82) is 0 Å². The molecule has 1 atom stereocenters. The van der Waals surface area contributed by atoms with E-state index >= 15 is 0 Å². The van der Waals surface area contributed by atoms with E-state index < -0.39 is 5.54 Å². The lowest BCUT2D eigenvalue weighted by atomic mass is 9.93. The molecule has 0 saturated carbocycles. The van der Waals surface area contributed by atoms with Crippen LogP contribution in [0.3, 0.4) is 0 Å². The van der Waals surface area contributed by atoms with Gasteiger partial charge in [0.2, 0.25) is 5.91 Å². The molecule has 0 bridgehead atoms. The van der Waals surface area contributed by atoms with Crippen LogP contribution in [-0.2, 0) is 11.2 Å². The predicted octanol–water partition coefficient (Wildman–Crippen LogP) is 2.40. The van der Waals surface area contributed by atoms with Crippen LogP contribution in [0.15, 0.2) is 6.20 Å². The summed E-state index contributed by atoms with van der Waals surface area (Å²) in [6.07, 6.45) is 4.13. The molecule has 4 nitrogen and oxygen atoms in total. The van der Waals surface area contributed by atoms with E-state index in [0.29, 0.717) is 12.8 Å². The molecule has 0 radical (unpaired) electrons. The highest BCUT2D eigenvalue weighted by Crippen LogP contribution is 2.21. The molecule has 1 amide bonds. The molecule has 102 valence electrons. The molecule has 0 aromatic carbocycles. The minimum Gasteiger partial charge on any atom is -0.346 e. The van der Waals surface area contributed by atoms with Gasteiger partial charge < -0.3 is 11.1 Å². The molecule has 1 aromatic rings. The smallest absolute Gasteiger partial charge is 0.240 e. The SMILES string of the molecule is CCc1cnc(C(C)NC(=O)C(N)(CC)CC)s1. The van der Waals surface area contributed by atoms with Gasteiger partial charge in [-0.3, -0.25) is 4.79 Å². The predicted molar refractivity (Wildman–Crippen MR) is 75.6 cm³/mol. The maximum atomic E-state index is 12.1. The summed E-state index contributed by atoms with van der Waals surface area (Å²) in [5.74, 6) is -0.0896. The summed E-state index contributed by atoms with van der Waals surface area (Å²) in [6, 6.07) is -0.0798. The Morgan fingerprint density at radius 1 is 1.50 bits per heavy atom. The highest BCUT2D eigenvalue weighted by Gasteiger charge is 2.31. The van der Waals surface area contributed by atoms with Crippen LogP contribution in [0.25, 0.3) is 0 Å². The van der Waals surface area contributed by atoms with Crippen molar-refractivity contribution in [3.05, 3.63) is 16.1 Å². The molecule has 0 aliphatic carbocycles. The Morgan fingerprint density at radius 2 is 2.11 bits per heavy atom. The van der Waals surface area contributed by atoms with Crippen LogP contribution in [0.2, 0.25) is 0 Å². The summed E-state index contributed by atoms with van der Waals surface area (Å²) >= 11 is 1.64. The number of hydrogen-bond acceptors (Lipinski definition) is 4. The van der Waals surface area contributed by atoms with Crippen LogP contribution in [-0.4, -0.2) is 16.4 Å². The van der Waals surface area contributed by atoms with Crippen molar-refractivity contribution in [3.8, 4) is 0 Å². The first kappa shape index (κ1) is 15.1. The second-order valence-corrected chi connectivity index (χ2v) is 5.72. The van der Waals surface area contributed by atoms with Crippen molar-refractivity contribution >= 4 is 17.2 Å². The first-order valence-corrected chi connectivity index (χ1v) is 7.32. The van der Waals surface area contributed by atoms with Gasteiger partial charge in [-0.05, 0) is 26.2 Å². The van der Waals surface area contributed by atoms with E-state index in [1.807, 2.05) is 27.0 Å². The second-order valence-electron chi connectivity index (χ2n) is 4.58. The number of carbonyl (C=O) groups excluding carboxylic acids is 1. The maximum Gasteiger partial charge on any atom is 0.240 e. The van der Waals surface area contributed by atoms with E-state index in [0.717, 1.165) is 11.4 Å². The van der Waals surface area contributed by atoms with Gasteiger partial charge in [0.05, 0.1) is 11.6 Å². The molecule has 0 aliphatic heterocycles. The zero-order valence-corrected chi connectivity index (χ0v) is 12.4. The van der Waals surface area contributed by atoms with E-state index in [9.17, 15) is 4.79 Å². The number of nitrogens with two attached hydrogens (primary N) is 1. The highest BCUT2D eigenvalue weighted by molar-refractivity contribution is 7.11. The first-order chi connectivity index (χ1) is 8.46. The molecule has 1 heterocycles. The minimum atomic E-state index is -0.765. The van der Waals surface area contributed by atoms with Crippen molar-refractivity contribution in [2.75, 3.05) is 0 Å². The Kier molecular flexibility index (Phi) is 5.28. The number of carbonyl (C=O) groups is 1. The third-order valence-corrected chi connectivity index (χ3v) is 4.68. The van der Waals surface area contributed by atoms with Gasteiger partial charge in [0.1, 0.15) is 5.01 Å².